The lowest BCUT2D eigenvalue weighted by Crippen LogP contribution is -2.46. The van der Waals surface area contributed by atoms with E-state index in [0.29, 0.717) is 35.7 Å². The van der Waals surface area contributed by atoms with Crippen LogP contribution in [0.4, 0.5) is 11.4 Å². The number of amides is 2. The highest BCUT2D eigenvalue weighted by molar-refractivity contribution is 6.71. The summed E-state index contributed by atoms with van der Waals surface area (Å²) < 4.78 is 13.8. The molecule has 0 aliphatic carbocycles. The maximum atomic E-state index is 14.8. The van der Waals surface area contributed by atoms with Crippen molar-refractivity contribution in [2.75, 3.05) is 17.3 Å². The summed E-state index contributed by atoms with van der Waals surface area (Å²) in [7, 11) is -1.29. The molecule has 268 valence electrons. The molecule has 52 heavy (non-hydrogen) atoms. The summed E-state index contributed by atoms with van der Waals surface area (Å²) in [6, 6.07) is 31.4. The molecule has 2 aliphatic heterocycles. The number of para-hydroxylation sites is 1. The van der Waals surface area contributed by atoms with Crippen molar-refractivity contribution in [3.8, 4) is 5.75 Å². The van der Waals surface area contributed by atoms with Crippen molar-refractivity contribution in [1.82, 2.24) is 15.0 Å². The average Bonchev–Trinajstić information content (AvgIpc) is 3.81. The number of nitrogens with zero attached hydrogens (tertiary/aromatic N) is 4. The van der Waals surface area contributed by atoms with Crippen LogP contribution in [0.2, 0.25) is 18.6 Å². The first-order chi connectivity index (χ1) is 25.0. The molecule has 3 heterocycles. The largest absolute Gasteiger partial charge is 0.497 e. The highest BCUT2D eigenvalue weighted by Crippen LogP contribution is 2.59. The van der Waals surface area contributed by atoms with Crippen LogP contribution in [0.3, 0.4) is 0 Å². The van der Waals surface area contributed by atoms with Gasteiger partial charge in [-0.05, 0) is 73.1 Å². The van der Waals surface area contributed by atoms with E-state index in [1.807, 2.05) is 98.9 Å². The number of aliphatic hydroxyl groups excluding tert-OH is 1. The Labute approximate surface area is 304 Å². The van der Waals surface area contributed by atoms with Gasteiger partial charge in [0.1, 0.15) is 17.5 Å². The van der Waals surface area contributed by atoms with Gasteiger partial charge in [0.2, 0.25) is 0 Å². The van der Waals surface area contributed by atoms with E-state index in [1.54, 1.807) is 47.2 Å². The number of hydrogen-bond donors (Lipinski definition) is 3. The molecule has 0 radical (unpaired) electrons. The molecule has 1 aromatic heterocycles. The summed E-state index contributed by atoms with van der Waals surface area (Å²) >= 11 is 0. The maximum Gasteiger partial charge on any atom is 0.264 e. The van der Waals surface area contributed by atoms with Crippen LogP contribution in [0.15, 0.2) is 109 Å². The van der Waals surface area contributed by atoms with Gasteiger partial charge in [-0.25, -0.2) is 0 Å². The summed E-state index contributed by atoms with van der Waals surface area (Å²) in [5, 5.41) is 22.3. The van der Waals surface area contributed by atoms with E-state index >= 15 is 0 Å². The second-order valence-corrected chi connectivity index (χ2v) is 18.1. The van der Waals surface area contributed by atoms with Crippen molar-refractivity contribution in [3.05, 3.63) is 137 Å². The number of aryl methyl sites for hydroxylation is 1. The molecule has 1 fully saturated rings. The normalized spacial score (nSPS) is 21.7. The number of carbonyl (C=O) groups excluding carboxylic acids is 2. The van der Waals surface area contributed by atoms with Crippen LogP contribution in [0.5, 0.6) is 5.75 Å². The minimum atomic E-state index is -2.87. The number of benzene rings is 4. The maximum absolute atomic E-state index is 14.8. The molecule has 7 rings (SSSR count). The zero-order valence-corrected chi connectivity index (χ0v) is 30.6. The third kappa shape index (κ3) is 6.54. The predicted octanol–water partition coefficient (Wildman–Crippen LogP) is 6.06. The summed E-state index contributed by atoms with van der Waals surface area (Å²) in [5.41, 5.74) is 3.13. The molecule has 2 amide bonds. The van der Waals surface area contributed by atoms with Crippen LogP contribution in [0, 0.1) is 5.92 Å². The molecule has 0 bridgehead atoms. The van der Waals surface area contributed by atoms with E-state index in [1.165, 1.54) is 0 Å². The molecule has 2 aliphatic rings. The molecule has 12 heteroatoms. The van der Waals surface area contributed by atoms with Gasteiger partial charge in [0.25, 0.3) is 11.8 Å². The van der Waals surface area contributed by atoms with Gasteiger partial charge in [-0.2, -0.15) is 0 Å². The predicted molar refractivity (Wildman–Crippen MR) is 199 cm³/mol. The topological polar surface area (TPSA) is 139 Å². The number of aliphatic hydroxyl groups is 1. The molecular weight excluding hydrogens is 675 g/mol. The molecule has 0 unspecified atom stereocenters. The summed E-state index contributed by atoms with van der Waals surface area (Å²) in [6.07, 6.45) is 0.889. The first-order valence-electron chi connectivity index (χ1n) is 17.5. The Kier molecular flexibility index (Phi) is 9.57. The van der Waals surface area contributed by atoms with Gasteiger partial charge >= 0.3 is 0 Å². The van der Waals surface area contributed by atoms with Gasteiger partial charge in [0.15, 0.2) is 13.9 Å². The Morgan fingerprint density at radius 1 is 1.02 bits per heavy atom. The smallest absolute Gasteiger partial charge is 0.264 e. The summed E-state index contributed by atoms with van der Waals surface area (Å²) in [5.74, 6) is -0.0753. The first kappa shape index (κ1) is 35.3. The highest BCUT2D eigenvalue weighted by atomic mass is 28.4. The third-order valence-electron chi connectivity index (χ3n) is 10.4. The number of anilines is 2. The minimum absolute atomic E-state index is 0.173. The highest BCUT2D eigenvalue weighted by Gasteiger charge is 2.66. The average molecular weight is 718 g/mol. The Balaban J connectivity index is 1.11. The molecule has 5 atom stereocenters. The minimum Gasteiger partial charge on any atom is -0.497 e. The molecule has 4 aromatic carbocycles. The Morgan fingerprint density at radius 3 is 2.48 bits per heavy atom. The zero-order chi connectivity index (χ0) is 36.6. The van der Waals surface area contributed by atoms with Crippen molar-refractivity contribution in [2.45, 2.75) is 62.9 Å². The van der Waals surface area contributed by atoms with Crippen molar-refractivity contribution in [2.24, 2.45) is 5.92 Å². The number of carbonyl (C=O) groups is 2. The third-order valence-corrected chi connectivity index (χ3v) is 12.9. The fourth-order valence-electron chi connectivity index (χ4n) is 7.95. The van der Waals surface area contributed by atoms with E-state index in [-0.39, 0.29) is 29.8 Å². The van der Waals surface area contributed by atoms with E-state index in [0.717, 1.165) is 22.4 Å². The number of fused-ring (bicyclic) bond motifs is 2. The lowest BCUT2D eigenvalue weighted by Gasteiger charge is -2.32. The summed E-state index contributed by atoms with van der Waals surface area (Å²) in [4.78, 5) is 41.2. The van der Waals surface area contributed by atoms with Gasteiger partial charge in [0, 0.05) is 34.8 Å². The Morgan fingerprint density at radius 2 is 1.75 bits per heavy atom. The van der Waals surface area contributed by atoms with Crippen molar-refractivity contribution in [3.63, 3.8) is 0 Å². The van der Waals surface area contributed by atoms with Crippen LogP contribution in [0.1, 0.15) is 52.2 Å². The van der Waals surface area contributed by atoms with E-state index in [9.17, 15) is 19.5 Å². The molecule has 1 saturated heterocycles. The van der Waals surface area contributed by atoms with Gasteiger partial charge in [0.05, 0.1) is 31.6 Å². The van der Waals surface area contributed by atoms with E-state index in [2.05, 4.69) is 15.6 Å². The van der Waals surface area contributed by atoms with Crippen LogP contribution in [-0.2, 0) is 28.2 Å². The number of rotatable bonds is 11. The second kappa shape index (κ2) is 14.1. The van der Waals surface area contributed by atoms with Gasteiger partial charge in [-0.15, -0.1) is 5.10 Å². The molecular formula is C40H43N5O6Si. The number of hydrogen-bond acceptors (Lipinski definition) is 8. The monoisotopic (exact) mass is 717 g/mol. The van der Waals surface area contributed by atoms with Crippen LogP contribution < -0.4 is 15.0 Å². The number of aromatic nitrogens is 3. The fraction of sp³-hybridized carbons (Fsp3) is 0.300. The zero-order valence-electron chi connectivity index (χ0n) is 29.6. The standard InChI is InChI=1S/C40H43N5O6Si/c1-26-37(52(3,4)49)35(21-22-44-25-33(42-43-44)36(46)28-12-6-5-7-13-28)51-40(26)32-15-8-9-16-34(32)45(39(40)48)24-27-11-10-14-30(23-27)41-38(47)29-17-19-31(50-2)20-18-29/h5-20,23,25-26,35-37,46,49H,21-22,24H2,1-4H3,(H,41,47)/t26-,35+,36-,37-,40+/m1/s1. The van der Waals surface area contributed by atoms with E-state index in [4.69, 9.17) is 9.47 Å². The lowest BCUT2D eigenvalue weighted by atomic mass is 9.82. The Bertz CT molecular complexity index is 2070. The van der Waals surface area contributed by atoms with Crippen molar-refractivity contribution < 1.29 is 29.0 Å². The Hall–Kier alpha value is -5.14. The van der Waals surface area contributed by atoms with Crippen LogP contribution in [-0.4, -0.2) is 58.2 Å². The first-order valence-corrected chi connectivity index (χ1v) is 20.5. The second-order valence-electron chi connectivity index (χ2n) is 14.2. The fourth-order valence-corrected chi connectivity index (χ4v) is 10.6. The lowest BCUT2D eigenvalue weighted by molar-refractivity contribution is -0.146. The SMILES string of the molecule is COc1ccc(C(=O)Nc2cccc(CN3C(=O)[C@@]4(O[C@@H](CCn5cc([C@H](O)c6ccccc6)nn5)[C@H]([Si](C)(C)O)[C@H]4C)c4ccccc43)c2)cc1. The van der Waals surface area contributed by atoms with Gasteiger partial charge in [-0.3, -0.25) is 14.3 Å². The van der Waals surface area contributed by atoms with Gasteiger partial charge < -0.3 is 29.6 Å². The quantitative estimate of drug-likeness (QED) is 0.140. The number of ether oxygens (including phenoxy) is 2. The number of methoxy groups -OCH3 is 1. The molecule has 1 spiro atoms. The van der Waals surface area contributed by atoms with Gasteiger partial charge in [-0.1, -0.05) is 72.8 Å². The number of nitrogens with one attached hydrogen (secondary N) is 1. The van der Waals surface area contributed by atoms with Crippen LogP contribution in [0.25, 0.3) is 0 Å². The molecule has 3 N–H and O–H groups in total. The van der Waals surface area contributed by atoms with Crippen molar-refractivity contribution in [1.29, 1.82) is 0 Å². The van der Waals surface area contributed by atoms with Crippen molar-refractivity contribution >= 4 is 31.5 Å². The van der Waals surface area contributed by atoms with Crippen LogP contribution >= 0.6 is 0 Å². The summed E-state index contributed by atoms with van der Waals surface area (Å²) in [6.45, 7) is 6.52. The molecule has 0 saturated carbocycles. The molecule has 11 nitrogen and oxygen atoms in total. The molecule has 5 aromatic rings. The van der Waals surface area contributed by atoms with E-state index < -0.39 is 26.1 Å².